The summed E-state index contributed by atoms with van der Waals surface area (Å²) in [5.74, 6) is 0.405. The highest BCUT2D eigenvalue weighted by atomic mass is 14.7. The summed E-state index contributed by atoms with van der Waals surface area (Å²) in [6.07, 6.45) is 6.16. The molecule has 0 spiro atoms. The molecule has 1 heterocycles. The molecule has 1 heteroatoms. The van der Waals surface area contributed by atoms with Crippen LogP contribution in [0.3, 0.4) is 0 Å². The highest BCUT2D eigenvalue weighted by molar-refractivity contribution is 6.09. The van der Waals surface area contributed by atoms with Crippen LogP contribution in [0.4, 0.5) is 0 Å². The van der Waals surface area contributed by atoms with Gasteiger partial charge < -0.3 is 0 Å². The van der Waals surface area contributed by atoms with Gasteiger partial charge in [-0.3, -0.25) is 4.99 Å². The van der Waals surface area contributed by atoms with E-state index in [2.05, 4.69) is 35.9 Å². The highest BCUT2D eigenvalue weighted by Gasteiger charge is 2.06. The number of allylic oxidation sites excluding steroid dienone is 1. The van der Waals surface area contributed by atoms with Crippen molar-refractivity contribution >= 4 is 5.71 Å². The van der Waals surface area contributed by atoms with Crippen molar-refractivity contribution in [2.75, 3.05) is 6.54 Å². The Morgan fingerprint density at radius 2 is 2.07 bits per heavy atom. The molecule has 1 atom stereocenters. The smallest absolute Gasteiger partial charge is 0.0644 e. The Labute approximate surface area is 84.5 Å². The van der Waals surface area contributed by atoms with E-state index in [0.717, 1.165) is 12.3 Å². The van der Waals surface area contributed by atoms with E-state index in [0.29, 0.717) is 5.92 Å². The zero-order chi connectivity index (χ0) is 9.80. The second-order valence-electron chi connectivity index (χ2n) is 3.35. The molecule has 2 rings (SSSR count). The van der Waals surface area contributed by atoms with Gasteiger partial charge in [-0.2, -0.15) is 0 Å². The summed E-state index contributed by atoms with van der Waals surface area (Å²) in [7, 11) is 0. The first-order chi connectivity index (χ1) is 6.90. The maximum absolute atomic E-state index is 4.51. The molecule has 14 heavy (non-hydrogen) atoms. The van der Waals surface area contributed by atoms with Crippen molar-refractivity contribution in [3.63, 3.8) is 0 Å². The van der Waals surface area contributed by atoms with Gasteiger partial charge in [0.2, 0.25) is 0 Å². The largest absolute Gasteiger partial charge is 0.284 e. The van der Waals surface area contributed by atoms with E-state index in [-0.39, 0.29) is 0 Å². The molecule has 0 saturated carbocycles. The predicted molar refractivity (Wildman–Crippen MR) is 60.7 cm³/mol. The lowest BCUT2D eigenvalue weighted by Gasteiger charge is -2.11. The number of benzene rings is 1. The lowest BCUT2D eigenvalue weighted by molar-refractivity contribution is 0.815. The first-order valence-electron chi connectivity index (χ1n) is 4.81. The quantitative estimate of drug-likeness (QED) is 0.625. The van der Waals surface area contributed by atoms with Crippen LogP contribution in [0, 0.1) is 5.92 Å². The maximum atomic E-state index is 4.51. The van der Waals surface area contributed by atoms with Crippen LogP contribution in [-0.4, -0.2) is 12.3 Å². The Hall–Kier alpha value is -1.63. The molecular formula is C13H13N. The lowest BCUT2D eigenvalue weighted by atomic mass is 10.0. The molecule has 1 unspecified atom stereocenters. The molecule has 0 saturated heterocycles. The van der Waals surface area contributed by atoms with Gasteiger partial charge in [-0.15, -0.1) is 6.58 Å². The van der Waals surface area contributed by atoms with E-state index in [9.17, 15) is 0 Å². The Kier molecular flexibility index (Phi) is 2.59. The van der Waals surface area contributed by atoms with Crippen LogP contribution in [0.2, 0.25) is 0 Å². The van der Waals surface area contributed by atoms with Gasteiger partial charge >= 0.3 is 0 Å². The van der Waals surface area contributed by atoms with Gasteiger partial charge in [0.15, 0.2) is 0 Å². The summed E-state index contributed by atoms with van der Waals surface area (Å²) in [6, 6.07) is 10.2. The Bertz CT molecular complexity index is 373. The van der Waals surface area contributed by atoms with Gasteiger partial charge in [0, 0.05) is 12.5 Å². The van der Waals surface area contributed by atoms with Crippen LogP contribution in [0.5, 0.6) is 0 Å². The maximum Gasteiger partial charge on any atom is 0.0644 e. The Morgan fingerprint density at radius 1 is 1.29 bits per heavy atom. The molecule has 0 aromatic heterocycles. The predicted octanol–water partition coefficient (Wildman–Crippen LogP) is 2.85. The zero-order valence-electron chi connectivity index (χ0n) is 8.06. The van der Waals surface area contributed by atoms with Crippen molar-refractivity contribution < 1.29 is 0 Å². The van der Waals surface area contributed by atoms with Crippen molar-refractivity contribution in [2.45, 2.75) is 0 Å². The van der Waals surface area contributed by atoms with Crippen LogP contribution in [-0.2, 0) is 0 Å². The van der Waals surface area contributed by atoms with Gasteiger partial charge in [0.25, 0.3) is 0 Å². The van der Waals surface area contributed by atoms with Crippen molar-refractivity contribution in [3.8, 4) is 0 Å². The fourth-order valence-corrected chi connectivity index (χ4v) is 1.48. The first kappa shape index (κ1) is 8.95. The minimum atomic E-state index is 0.405. The van der Waals surface area contributed by atoms with Crippen molar-refractivity contribution in [3.05, 3.63) is 60.7 Å². The molecule has 70 valence electrons. The van der Waals surface area contributed by atoms with Gasteiger partial charge in [0.1, 0.15) is 0 Å². The molecule has 0 bridgehead atoms. The Balaban J connectivity index is 2.20. The third-order valence-electron chi connectivity index (χ3n) is 2.35. The molecule has 0 fully saturated rings. The highest BCUT2D eigenvalue weighted by Crippen LogP contribution is 2.11. The molecule has 1 nitrogen and oxygen atoms in total. The fourth-order valence-electron chi connectivity index (χ4n) is 1.48. The first-order valence-corrected chi connectivity index (χ1v) is 4.81. The summed E-state index contributed by atoms with van der Waals surface area (Å²) in [4.78, 5) is 4.51. The average molecular weight is 183 g/mol. The van der Waals surface area contributed by atoms with E-state index in [4.69, 9.17) is 0 Å². The van der Waals surface area contributed by atoms with E-state index >= 15 is 0 Å². The molecule has 1 aromatic carbocycles. The van der Waals surface area contributed by atoms with E-state index in [1.165, 1.54) is 5.56 Å². The minimum absolute atomic E-state index is 0.405. The summed E-state index contributed by atoms with van der Waals surface area (Å²) >= 11 is 0. The fraction of sp³-hybridized carbons (Fsp3) is 0.154. The normalized spacial score (nSPS) is 20.3. The number of nitrogens with zero attached hydrogens (tertiary/aromatic N) is 1. The third kappa shape index (κ3) is 1.82. The standard InChI is InChI=1S/C13H13N/c1-2-11-8-9-13(14-10-11)12-6-4-3-5-7-12/h2-9,11H,1,10H2. The van der Waals surface area contributed by atoms with Crippen molar-refractivity contribution in [2.24, 2.45) is 10.9 Å². The molecule has 0 aliphatic carbocycles. The number of rotatable bonds is 2. The second-order valence-corrected chi connectivity index (χ2v) is 3.35. The van der Waals surface area contributed by atoms with Crippen LogP contribution >= 0.6 is 0 Å². The SMILES string of the molecule is C=CC1C=CC(c2ccccc2)=NC1. The van der Waals surface area contributed by atoms with Gasteiger partial charge in [-0.25, -0.2) is 0 Å². The van der Waals surface area contributed by atoms with Crippen LogP contribution < -0.4 is 0 Å². The number of hydrogen-bond donors (Lipinski definition) is 0. The van der Waals surface area contributed by atoms with Crippen molar-refractivity contribution in [1.29, 1.82) is 0 Å². The number of aliphatic imine (C=N–C) groups is 1. The van der Waals surface area contributed by atoms with Gasteiger partial charge in [-0.1, -0.05) is 42.5 Å². The molecule has 0 N–H and O–H groups in total. The van der Waals surface area contributed by atoms with Crippen LogP contribution in [0.1, 0.15) is 5.56 Å². The van der Waals surface area contributed by atoms with E-state index < -0.39 is 0 Å². The average Bonchev–Trinajstić information content (AvgIpc) is 2.30. The summed E-state index contributed by atoms with van der Waals surface area (Å²) < 4.78 is 0. The second kappa shape index (κ2) is 4.05. The Morgan fingerprint density at radius 3 is 2.64 bits per heavy atom. The number of dihydropyridines is 1. The summed E-state index contributed by atoms with van der Waals surface area (Å²) in [5.41, 5.74) is 2.26. The van der Waals surface area contributed by atoms with Gasteiger partial charge in [-0.05, 0) is 11.6 Å². The lowest BCUT2D eigenvalue weighted by Crippen LogP contribution is -2.08. The molecule has 1 aromatic rings. The van der Waals surface area contributed by atoms with Crippen LogP contribution in [0.15, 0.2) is 60.1 Å². The zero-order valence-corrected chi connectivity index (χ0v) is 8.06. The van der Waals surface area contributed by atoms with E-state index in [1.54, 1.807) is 0 Å². The number of hydrogen-bond acceptors (Lipinski definition) is 1. The van der Waals surface area contributed by atoms with Crippen molar-refractivity contribution in [1.82, 2.24) is 0 Å². The molecule has 0 radical (unpaired) electrons. The molecular weight excluding hydrogens is 170 g/mol. The van der Waals surface area contributed by atoms with E-state index in [1.807, 2.05) is 24.3 Å². The molecule has 1 aliphatic heterocycles. The third-order valence-corrected chi connectivity index (χ3v) is 2.35. The topological polar surface area (TPSA) is 12.4 Å². The summed E-state index contributed by atoms with van der Waals surface area (Å²) in [5, 5.41) is 0. The molecule has 1 aliphatic rings. The monoisotopic (exact) mass is 183 g/mol. The molecule has 0 amide bonds. The summed E-state index contributed by atoms with van der Waals surface area (Å²) in [6.45, 7) is 4.59. The van der Waals surface area contributed by atoms with Crippen LogP contribution in [0.25, 0.3) is 0 Å². The minimum Gasteiger partial charge on any atom is -0.284 e. The van der Waals surface area contributed by atoms with Gasteiger partial charge in [0.05, 0.1) is 5.71 Å².